The van der Waals surface area contributed by atoms with Crippen molar-refractivity contribution in [2.45, 2.75) is 13.0 Å². The van der Waals surface area contributed by atoms with Gasteiger partial charge in [0.1, 0.15) is 0 Å². The third-order valence-electron chi connectivity index (χ3n) is 3.33. The fourth-order valence-electron chi connectivity index (χ4n) is 2.38. The van der Waals surface area contributed by atoms with Crippen molar-refractivity contribution in [3.63, 3.8) is 0 Å². The van der Waals surface area contributed by atoms with Gasteiger partial charge in [0.25, 0.3) is 0 Å². The molecule has 2 aromatic heterocycles. The van der Waals surface area contributed by atoms with Gasteiger partial charge in [-0.15, -0.1) is 0 Å². The van der Waals surface area contributed by atoms with Gasteiger partial charge in [-0.05, 0) is 41.9 Å². The average Bonchev–Trinajstić information content (AvgIpc) is 2.90. The molecule has 20 heavy (non-hydrogen) atoms. The van der Waals surface area contributed by atoms with Crippen molar-refractivity contribution in [3.8, 4) is 0 Å². The number of halogens is 1. The molecule has 3 aromatic rings. The van der Waals surface area contributed by atoms with Crippen molar-refractivity contribution in [1.82, 2.24) is 10.3 Å². The van der Waals surface area contributed by atoms with E-state index in [0.29, 0.717) is 5.22 Å². The number of pyridine rings is 1. The number of benzene rings is 1. The first kappa shape index (κ1) is 13.2. The van der Waals surface area contributed by atoms with Crippen molar-refractivity contribution < 1.29 is 4.42 Å². The van der Waals surface area contributed by atoms with Crippen molar-refractivity contribution in [2.24, 2.45) is 0 Å². The Morgan fingerprint density at radius 2 is 2.20 bits per heavy atom. The van der Waals surface area contributed by atoms with E-state index in [1.54, 1.807) is 12.5 Å². The molecule has 3 rings (SSSR count). The molecule has 0 aliphatic rings. The van der Waals surface area contributed by atoms with Crippen LogP contribution in [0, 0.1) is 0 Å². The van der Waals surface area contributed by atoms with E-state index in [0.717, 1.165) is 28.6 Å². The van der Waals surface area contributed by atoms with E-state index >= 15 is 0 Å². The lowest BCUT2D eigenvalue weighted by Crippen LogP contribution is -2.21. The fraction of sp³-hybridized carbons (Fsp3) is 0.188. The number of hydrogen-bond donors (Lipinski definition) is 1. The molecular weight excluding hydrogens is 272 g/mol. The van der Waals surface area contributed by atoms with Gasteiger partial charge in [0, 0.05) is 17.1 Å². The van der Waals surface area contributed by atoms with Crippen molar-refractivity contribution in [2.75, 3.05) is 6.54 Å². The van der Waals surface area contributed by atoms with E-state index in [1.165, 1.54) is 0 Å². The Balaban J connectivity index is 2.07. The van der Waals surface area contributed by atoms with Gasteiger partial charge in [0.15, 0.2) is 5.22 Å². The van der Waals surface area contributed by atoms with Crippen LogP contribution < -0.4 is 5.32 Å². The highest BCUT2D eigenvalue weighted by Gasteiger charge is 2.18. The third kappa shape index (κ3) is 2.42. The molecule has 0 bridgehead atoms. The van der Waals surface area contributed by atoms with Gasteiger partial charge in [-0.25, -0.2) is 0 Å². The van der Waals surface area contributed by atoms with Crippen molar-refractivity contribution in [3.05, 3.63) is 65.2 Å². The molecule has 0 aliphatic carbocycles. The van der Waals surface area contributed by atoms with Crippen LogP contribution in [0.1, 0.15) is 24.1 Å². The number of rotatable bonds is 4. The molecule has 1 N–H and O–H groups in total. The standard InChI is InChI=1S/C16H15ClN2O/c1-2-18-15(13-7-9-20-16(13)17)12-6-5-11-4-3-8-19-14(11)10-12/h3-10,15,18H,2H2,1H3. The summed E-state index contributed by atoms with van der Waals surface area (Å²) >= 11 is 6.12. The maximum Gasteiger partial charge on any atom is 0.198 e. The summed E-state index contributed by atoms with van der Waals surface area (Å²) in [6.07, 6.45) is 3.42. The minimum Gasteiger partial charge on any atom is -0.453 e. The first-order valence-electron chi connectivity index (χ1n) is 6.60. The number of hydrogen-bond acceptors (Lipinski definition) is 3. The molecule has 0 aliphatic heterocycles. The first-order valence-corrected chi connectivity index (χ1v) is 6.98. The molecule has 0 amide bonds. The molecule has 1 atom stereocenters. The van der Waals surface area contributed by atoms with Crippen LogP contribution >= 0.6 is 11.6 Å². The number of nitrogens with one attached hydrogen (secondary N) is 1. The third-order valence-corrected chi connectivity index (χ3v) is 3.64. The zero-order chi connectivity index (χ0) is 13.9. The van der Waals surface area contributed by atoms with Crippen LogP contribution in [0.25, 0.3) is 10.9 Å². The fourth-order valence-corrected chi connectivity index (χ4v) is 2.61. The molecule has 4 heteroatoms. The molecular formula is C16H15ClN2O. The van der Waals surface area contributed by atoms with E-state index < -0.39 is 0 Å². The summed E-state index contributed by atoms with van der Waals surface area (Å²) in [4.78, 5) is 4.40. The van der Waals surface area contributed by atoms with Crippen LogP contribution in [-0.4, -0.2) is 11.5 Å². The molecule has 102 valence electrons. The van der Waals surface area contributed by atoms with Gasteiger partial charge in [-0.3, -0.25) is 4.98 Å². The second-order valence-electron chi connectivity index (χ2n) is 4.60. The van der Waals surface area contributed by atoms with Crippen LogP contribution in [0.2, 0.25) is 5.22 Å². The summed E-state index contributed by atoms with van der Waals surface area (Å²) in [5, 5.41) is 4.99. The summed E-state index contributed by atoms with van der Waals surface area (Å²) in [5.74, 6) is 0. The van der Waals surface area contributed by atoms with Crippen molar-refractivity contribution in [1.29, 1.82) is 0 Å². The van der Waals surface area contributed by atoms with Gasteiger partial charge < -0.3 is 9.73 Å². The second-order valence-corrected chi connectivity index (χ2v) is 4.94. The summed E-state index contributed by atoms with van der Waals surface area (Å²) < 4.78 is 5.21. The highest BCUT2D eigenvalue weighted by atomic mass is 35.5. The SMILES string of the molecule is CCNC(c1ccc2cccnc2c1)c1ccoc1Cl. The predicted octanol–water partition coefficient (Wildman–Crippen LogP) is 4.18. The molecule has 3 nitrogen and oxygen atoms in total. The lowest BCUT2D eigenvalue weighted by Gasteiger charge is -2.17. The molecule has 0 fully saturated rings. The summed E-state index contributed by atoms with van der Waals surface area (Å²) in [6.45, 7) is 2.91. The summed E-state index contributed by atoms with van der Waals surface area (Å²) in [7, 11) is 0. The molecule has 1 unspecified atom stereocenters. The lowest BCUT2D eigenvalue weighted by atomic mass is 9.99. The summed E-state index contributed by atoms with van der Waals surface area (Å²) in [6, 6.07) is 12.2. The zero-order valence-corrected chi connectivity index (χ0v) is 11.9. The minimum atomic E-state index is 0.0117. The van der Waals surface area contributed by atoms with E-state index in [4.69, 9.17) is 16.0 Å². The number of furan rings is 1. The Kier molecular flexibility index (Phi) is 3.72. The number of fused-ring (bicyclic) bond motifs is 1. The maximum absolute atomic E-state index is 6.12. The average molecular weight is 287 g/mol. The number of nitrogens with zero attached hydrogens (tertiary/aromatic N) is 1. The zero-order valence-electron chi connectivity index (χ0n) is 11.1. The quantitative estimate of drug-likeness (QED) is 0.782. The number of aromatic nitrogens is 1. The van der Waals surface area contributed by atoms with E-state index in [2.05, 4.69) is 41.5 Å². The van der Waals surface area contributed by atoms with E-state index in [1.807, 2.05) is 12.1 Å². The normalized spacial score (nSPS) is 12.7. The largest absolute Gasteiger partial charge is 0.453 e. The second kappa shape index (κ2) is 5.65. The Morgan fingerprint density at radius 1 is 1.30 bits per heavy atom. The van der Waals surface area contributed by atoms with E-state index in [-0.39, 0.29) is 6.04 Å². The molecule has 1 aromatic carbocycles. The Bertz CT molecular complexity index is 723. The highest BCUT2D eigenvalue weighted by molar-refractivity contribution is 6.29. The van der Waals surface area contributed by atoms with Crippen LogP contribution in [-0.2, 0) is 0 Å². The van der Waals surface area contributed by atoms with E-state index in [9.17, 15) is 0 Å². The van der Waals surface area contributed by atoms with Crippen molar-refractivity contribution >= 4 is 22.5 Å². The Morgan fingerprint density at radius 3 is 2.95 bits per heavy atom. The topological polar surface area (TPSA) is 38.1 Å². The van der Waals surface area contributed by atoms with Gasteiger partial charge in [-0.1, -0.05) is 25.1 Å². The van der Waals surface area contributed by atoms with Crippen LogP contribution in [0.3, 0.4) is 0 Å². The van der Waals surface area contributed by atoms with Crippen LogP contribution in [0.15, 0.2) is 53.3 Å². The lowest BCUT2D eigenvalue weighted by molar-refractivity contribution is 0.555. The van der Waals surface area contributed by atoms with Crippen LogP contribution in [0.5, 0.6) is 0 Å². The Labute approximate surface area is 122 Å². The molecule has 0 saturated carbocycles. The predicted molar refractivity (Wildman–Crippen MR) is 81.0 cm³/mol. The monoisotopic (exact) mass is 286 g/mol. The molecule has 0 spiro atoms. The van der Waals surface area contributed by atoms with Gasteiger partial charge in [0.2, 0.25) is 0 Å². The molecule has 0 radical (unpaired) electrons. The maximum atomic E-state index is 6.12. The van der Waals surface area contributed by atoms with Gasteiger partial charge >= 0.3 is 0 Å². The molecule has 2 heterocycles. The van der Waals surface area contributed by atoms with Gasteiger partial charge in [0.05, 0.1) is 17.8 Å². The summed E-state index contributed by atoms with van der Waals surface area (Å²) in [5.41, 5.74) is 3.05. The molecule has 0 saturated heterocycles. The minimum absolute atomic E-state index is 0.0117. The first-order chi connectivity index (χ1) is 9.79. The smallest absolute Gasteiger partial charge is 0.198 e. The van der Waals surface area contributed by atoms with Crippen LogP contribution in [0.4, 0.5) is 0 Å². The highest BCUT2D eigenvalue weighted by Crippen LogP contribution is 2.30. The Hall–Kier alpha value is -1.84. The van der Waals surface area contributed by atoms with Gasteiger partial charge in [-0.2, -0.15) is 0 Å².